The van der Waals surface area contributed by atoms with Crippen molar-refractivity contribution in [1.82, 2.24) is 0 Å². The summed E-state index contributed by atoms with van der Waals surface area (Å²) in [4.78, 5) is 12.5. The van der Waals surface area contributed by atoms with Crippen molar-refractivity contribution in [3.63, 3.8) is 0 Å². The van der Waals surface area contributed by atoms with Gasteiger partial charge in [-0.2, -0.15) is 0 Å². The lowest BCUT2D eigenvalue weighted by Crippen LogP contribution is -2.16. The van der Waals surface area contributed by atoms with Crippen LogP contribution in [0.4, 0.5) is 4.39 Å². The molecule has 0 aromatic heterocycles. The van der Waals surface area contributed by atoms with Gasteiger partial charge in [0.15, 0.2) is 0 Å². The summed E-state index contributed by atoms with van der Waals surface area (Å²) in [6, 6.07) is 14.1. The molecule has 1 aliphatic rings. The molecule has 0 saturated carbocycles. The van der Waals surface area contributed by atoms with Crippen LogP contribution in [0.5, 0.6) is 5.75 Å². The van der Waals surface area contributed by atoms with Crippen LogP contribution in [0.3, 0.4) is 0 Å². The summed E-state index contributed by atoms with van der Waals surface area (Å²) in [5.41, 5.74) is 7.70. The Bertz CT molecular complexity index is 1600. The van der Waals surface area contributed by atoms with Gasteiger partial charge >= 0.3 is 5.97 Å². The van der Waals surface area contributed by atoms with Gasteiger partial charge in [-0.25, -0.2) is 9.18 Å². The van der Waals surface area contributed by atoms with Crippen LogP contribution >= 0.6 is 11.6 Å². The van der Waals surface area contributed by atoms with Gasteiger partial charge in [-0.15, -0.1) is 0 Å². The lowest BCUT2D eigenvalue weighted by molar-refractivity contribution is -0.132. The third-order valence-corrected chi connectivity index (χ3v) is 8.85. The van der Waals surface area contributed by atoms with Crippen LogP contribution < -0.4 is 4.74 Å². The Kier molecular flexibility index (Phi) is 11.8. The molecule has 4 nitrogen and oxygen atoms in total. The summed E-state index contributed by atoms with van der Waals surface area (Å²) in [7, 11) is 0. The molecule has 3 aromatic rings. The number of carboxylic acid groups (broad SMARTS) is 1. The SMILES string of the molecule is CCCOCC1=C(c2c(Cl)ccc(/C(CCCOc3cccc4cc(F)ccc34)=C(\CC)C(=O)O)c2C)C(CC)=CCC1C. The molecule has 1 N–H and O–H groups in total. The third-order valence-electron chi connectivity index (χ3n) is 8.54. The van der Waals surface area contributed by atoms with E-state index in [-0.39, 0.29) is 5.82 Å². The number of allylic oxidation sites excluding steroid dienone is 4. The Morgan fingerprint density at radius 3 is 2.59 bits per heavy atom. The van der Waals surface area contributed by atoms with Gasteiger partial charge < -0.3 is 14.6 Å². The van der Waals surface area contributed by atoms with Crippen molar-refractivity contribution in [3.8, 4) is 5.75 Å². The quantitative estimate of drug-likeness (QED) is 0.144. The molecule has 0 fully saturated rings. The average Bonchev–Trinajstić information content (AvgIpc) is 3.00. The predicted molar refractivity (Wildman–Crippen MR) is 180 cm³/mol. The third kappa shape index (κ3) is 7.44. The molecule has 1 unspecified atom stereocenters. The molecule has 44 heavy (non-hydrogen) atoms. The molecule has 1 atom stereocenters. The molecule has 4 rings (SSSR count). The van der Waals surface area contributed by atoms with E-state index in [0.717, 1.165) is 57.9 Å². The van der Waals surface area contributed by atoms with Crippen LogP contribution in [0, 0.1) is 18.7 Å². The van der Waals surface area contributed by atoms with Gasteiger partial charge in [-0.1, -0.05) is 63.6 Å². The Hall–Kier alpha value is -3.41. The molecule has 6 heteroatoms. The Labute approximate surface area is 266 Å². The first-order valence-electron chi connectivity index (χ1n) is 15.8. The molecule has 0 saturated heterocycles. The molecular weight excluding hydrogens is 575 g/mol. The van der Waals surface area contributed by atoms with Crippen LogP contribution in [0.25, 0.3) is 21.9 Å². The predicted octanol–water partition coefficient (Wildman–Crippen LogP) is 10.6. The molecule has 0 spiro atoms. The van der Waals surface area contributed by atoms with Gasteiger partial charge in [-0.3, -0.25) is 0 Å². The summed E-state index contributed by atoms with van der Waals surface area (Å²) in [6.45, 7) is 12.1. The normalized spacial score (nSPS) is 15.8. The van der Waals surface area contributed by atoms with E-state index in [9.17, 15) is 14.3 Å². The number of ether oxygens (including phenoxy) is 2. The second kappa shape index (κ2) is 15.5. The van der Waals surface area contributed by atoms with E-state index in [0.29, 0.717) is 61.3 Å². The molecule has 0 radical (unpaired) electrons. The number of aliphatic carboxylic acids is 1. The van der Waals surface area contributed by atoms with Crippen molar-refractivity contribution in [3.05, 3.63) is 98.9 Å². The fourth-order valence-corrected chi connectivity index (χ4v) is 6.53. The van der Waals surface area contributed by atoms with Gasteiger partial charge in [-0.05, 0) is 121 Å². The molecule has 0 amide bonds. The first kappa shape index (κ1) is 33.5. The zero-order valence-corrected chi connectivity index (χ0v) is 27.3. The van der Waals surface area contributed by atoms with E-state index >= 15 is 0 Å². The fraction of sp³-hybridized carbons (Fsp3) is 0.395. The average molecular weight is 619 g/mol. The number of carbonyl (C=O) groups is 1. The van der Waals surface area contributed by atoms with Crippen LogP contribution in [-0.2, 0) is 9.53 Å². The Morgan fingerprint density at radius 1 is 1.09 bits per heavy atom. The topological polar surface area (TPSA) is 55.8 Å². The minimum atomic E-state index is -0.913. The zero-order valence-electron chi connectivity index (χ0n) is 26.6. The van der Waals surface area contributed by atoms with Crippen LogP contribution in [0.1, 0.15) is 82.9 Å². The van der Waals surface area contributed by atoms with Crippen LogP contribution in [0.2, 0.25) is 5.02 Å². The van der Waals surface area contributed by atoms with Crippen molar-refractivity contribution < 1.29 is 23.8 Å². The van der Waals surface area contributed by atoms with E-state index in [1.807, 2.05) is 37.3 Å². The van der Waals surface area contributed by atoms with Crippen molar-refractivity contribution >= 4 is 39.5 Å². The largest absolute Gasteiger partial charge is 0.493 e. The number of rotatable bonds is 14. The minimum Gasteiger partial charge on any atom is -0.493 e. The molecule has 0 bridgehead atoms. The van der Waals surface area contributed by atoms with E-state index < -0.39 is 5.97 Å². The standard InChI is InChI=1S/C38H44ClFO4/c1-6-20-43-23-33-24(4)14-15-26(7-2)37(33)36-25(5)30(18-19-34(36)39)32(29(8-3)38(41)42)12-10-21-44-35-13-9-11-27-22-28(40)16-17-31(27)35/h9,11,13,15-19,22,24H,6-8,10,12,14,20-21,23H2,1-5H3,(H,41,42)/b32-29+. The molecule has 1 aliphatic carbocycles. The molecule has 0 heterocycles. The fourth-order valence-electron chi connectivity index (χ4n) is 6.24. The van der Waals surface area contributed by atoms with E-state index in [2.05, 4.69) is 33.8 Å². The second-order valence-corrected chi connectivity index (χ2v) is 11.9. The Balaban J connectivity index is 1.71. The number of hydrogen-bond acceptors (Lipinski definition) is 3. The van der Waals surface area contributed by atoms with E-state index in [4.69, 9.17) is 21.1 Å². The highest BCUT2D eigenvalue weighted by molar-refractivity contribution is 6.33. The van der Waals surface area contributed by atoms with Crippen molar-refractivity contribution in [2.24, 2.45) is 5.92 Å². The van der Waals surface area contributed by atoms with Crippen LogP contribution in [0.15, 0.2) is 71.3 Å². The molecule has 234 valence electrons. The summed E-state index contributed by atoms with van der Waals surface area (Å²) >= 11 is 6.99. The van der Waals surface area contributed by atoms with Gasteiger partial charge in [0.2, 0.25) is 0 Å². The van der Waals surface area contributed by atoms with E-state index in [1.165, 1.54) is 23.3 Å². The lowest BCUT2D eigenvalue weighted by atomic mass is 9.77. The number of hydrogen-bond donors (Lipinski definition) is 1. The van der Waals surface area contributed by atoms with E-state index in [1.54, 1.807) is 6.07 Å². The van der Waals surface area contributed by atoms with Crippen molar-refractivity contribution in [2.75, 3.05) is 19.8 Å². The first-order chi connectivity index (χ1) is 21.2. The highest BCUT2D eigenvalue weighted by Crippen LogP contribution is 2.44. The van der Waals surface area contributed by atoms with Gasteiger partial charge in [0, 0.05) is 28.2 Å². The number of benzene rings is 3. The maximum Gasteiger partial charge on any atom is 0.331 e. The maximum absolute atomic E-state index is 13.7. The smallest absolute Gasteiger partial charge is 0.331 e. The maximum atomic E-state index is 13.7. The Morgan fingerprint density at radius 2 is 1.89 bits per heavy atom. The first-order valence-corrected chi connectivity index (χ1v) is 16.2. The minimum absolute atomic E-state index is 0.288. The summed E-state index contributed by atoms with van der Waals surface area (Å²) in [5, 5.41) is 12.5. The lowest BCUT2D eigenvalue weighted by Gasteiger charge is -2.29. The molecule has 0 aliphatic heterocycles. The highest BCUT2D eigenvalue weighted by Gasteiger charge is 2.27. The molecule has 3 aromatic carbocycles. The van der Waals surface area contributed by atoms with Gasteiger partial charge in [0.05, 0.1) is 13.2 Å². The molecular formula is C38H44ClFO4. The van der Waals surface area contributed by atoms with Crippen molar-refractivity contribution in [1.29, 1.82) is 0 Å². The second-order valence-electron chi connectivity index (χ2n) is 11.5. The summed E-state index contributed by atoms with van der Waals surface area (Å²) in [5.74, 6) is -0.201. The highest BCUT2D eigenvalue weighted by atomic mass is 35.5. The number of carboxylic acids is 1. The summed E-state index contributed by atoms with van der Waals surface area (Å²) < 4.78 is 26.0. The summed E-state index contributed by atoms with van der Waals surface area (Å²) in [6.07, 6.45) is 6.63. The van der Waals surface area contributed by atoms with Gasteiger partial charge in [0.25, 0.3) is 0 Å². The zero-order chi connectivity index (χ0) is 31.8. The number of halogens is 2. The van der Waals surface area contributed by atoms with Gasteiger partial charge in [0.1, 0.15) is 11.6 Å². The van der Waals surface area contributed by atoms with Crippen molar-refractivity contribution in [2.45, 2.75) is 73.1 Å². The van der Waals surface area contributed by atoms with Crippen LogP contribution in [-0.4, -0.2) is 30.9 Å². The monoisotopic (exact) mass is 618 g/mol. The number of fused-ring (bicyclic) bond motifs is 1.